The van der Waals surface area contributed by atoms with E-state index in [4.69, 9.17) is 4.74 Å². The summed E-state index contributed by atoms with van der Waals surface area (Å²) in [6, 6.07) is 14.6. The van der Waals surface area contributed by atoms with Crippen molar-refractivity contribution in [2.24, 2.45) is 0 Å². The van der Waals surface area contributed by atoms with Crippen LogP contribution in [0.3, 0.4) is 0 Å². The molecule has 136 valence electrons. The maximum atomic E-state index is 12.5. The van der Waals surface area contributed by atoms with Gasteiger partial charge >= 0.3 is 0 Å². The van der Waals surface area contributed by atoms with Gasteiger partial charge in [-0.25, -0.2) is 0 Å². The van der Waals surface area contributed by atoms with E-state index in [9.17, 15) is 9.59 Å². The predicted molar refractivity (Wildman–Crippen MR) is 103 cm³/mol. The molecule has 26 heavy (non-hydrogen) atoms. The van der Waals surface area contributed by atoms with Gasteiger partial charge in [-0.3, -0.25) is 9.59 Å². The molecule has 0 aromatic heterocycles. The molecule has 0 spiro atoms. The largest absolute Gasteiger partial charge is 0.378 e. The molecular formula is C22H25NO3. The summed E-state index contributed by atoms with van der Waals surface area (Å²) in [4.78, 5) is 27.3. The lowest BCUT2D eigenvalue weighted by atomic mass is 9.86. The van der Waals surface area contributed by atoms with Crippen molar-refractivity contribution in [1.29, 1.82) is 0 Å². The lowest BCUT2D eigenvalue weighted by Gasteiger charge is -2.28. The highest BCUT2D eigenvalue weighted by Crippen LogP contribution is 2.23. The minimum atomic E-state index is -0.470. The Bertz CT molecular complexity index is 780. The highest BCUT2D eigenvalue weighted by atomic mass is 16.5. The molecule has 0 radical (unpaired) electrons. The summed E-state index contributed by atoms with van der Waals surface area (Å²) in [6.45, 7) is 9.45. The summed E-state index contributed by atoms with van der Waals surface area (Å²) in [7, 11) is 0. The number of anilines is 1. The van der Waals surface area contributed by atoms with Crippen LogP contribution in [0.4, 0.5) is 5.69 Å². The monoisotopic (exact) mass is 351 g/mol. The summed E-state index contributed by atoms with van der Waals surface area (Å²) in [5.41, 5.74) is 3.05. The van der Waals surface area contributed by atoms with Crippen molar-refractivity contribution in [3.8, 4) is 0 Å². The Balaban J connectivity index is 1.73. The number of rotatable bonds is 4. The fraction of sp³-hybridized carbons (Fsp3) is 0.364. The van der Waals surface area contributed by atoms with E-state index in [2.05, 4.69) is 25.7 Å². The van der Waals surface area contributed by atoms with E-state index >= 15 is 0 Å². The zero-order valence-electron chi connectivity index (χ0n) is 15.6. The molecule has 3 rings (SSSR count). The molecule has 0 aliphatic carbocycles. The molecule has 1 aliphatic rings. The summed E-state index contributed by atoms with van der Waals surface area (Å²) in [5, 5.41) is 0. The van der Waals surface area contributed by atoms with Gasteiger partial charge in [-0.1, -0.05) is 45.0 Å². The second-order valence-corrected chi connectivity index (χ2v) is 7.63. The van der Waals surface area contributed by atoms with Gasteiger partial charge in [0.2, 0.25) is 11.6 Å². The maximum Gasteiger partial charge on any atom is 0.233 e. The normalized spacial score (nSPS) is 15.0. The van der Waals surface area contributed by atoms with Crippen molar-refractivity contribution in [2.45, 2.75) is 26.2 Å². The maximum absolute atomic E-state index is 12.5. The molecular weight excluding hydrogens is 326 g/mol. The van der Waals surface area contributed by atoms with Crippen LogP contribution in [0.5, 0.6) is 0 Å². The van der Waals surface area contributed by atoms with Crippen molar-refractivity contribution in [1.82, 2.24) is 0 Å². The number of nitrogens with zero attached hydrogens (tertiary/aromatic N) is 1. The molecule has 0 bridgehead atoms. The van der Waals surface area contributed by atoms with E-state index in [1.165, 1.54) is 0 Å². The number of hydrogen-bond donors (Lipinski definition) is 0. The average Bonchev–Trinajstić information content (AvgIpc) is 2.67. The zero-order valence-corrected chi connectivity index (χ0v) is 15.6. The number of carbonyl (C=O) groups excluding carboxylic acids is 2. The van der Waals surface area contributed by atoms with Crippen LogP contribution in [0.1, 0.15) is 47.1 Å². The van der Waals surface area contributed by atoms with E-state index in [-0.39, 0.29) is 5.41 Å². The quantitative estimate of drug-likeness (QED) is 0.619. The second-order valence-electron chi connectivity index (χ2n) is 7.63. The third-order valence-corrected chi connectivity index (χ3v) is 4.73. The molecule has 2 aromatic rings. The highest BCUT2D eigenvalue weighted by molar-refractivity contribution is 6.49. The SMILES string of the molecule is CC(C)(C)c1ccc(C(=O)C(=O)c2ccc(N3CCOCC3)cc2)cc1. The van der Waals surface area contributed by atoms with E-state index in [1.54, 1.807) is 24.3 Å². The van der Waals surface area contributed by atoms with Crippen LogP contribution in [0.25, 0.3) is 0 Å². The van der Waals surface area contributed by atoms with E-state index in [0.29, 0.717) is 24.3 Å². The van der Waals surface area contributed by atoms with Crippen LogP contribution in [-0.4, -0.2) is 37.9 Å². The van der Waals surface area contributed by atoms with Crippen LogP contribution in [0.15, 0.2) is 48.5 Å². The summed E-state index contributed by atoms with van der Waals surface area (Å²) >= 11 is 0. The Morgan fingerprint density at radius 1 is 0.808 bits per heavy atom. The van der Waals surface area contributed by atoms with Gasteiger partial charge in [0.25, 0.3) is 0 Å². The van der Waals surface area contributed by atoms with Crippen molar-refractivity contribution in [2.75, 3.05) is 31.2 Å². The minimum absolute atomic E-state index is 0.0148. The number of ketones is 2. The number of morpholine rings is 1. The first kappa shape index (κ1) is 18.3. The van der Waals surface area contributed by atoms with Crippen molar-refractivity contribution < 1.29 is 14.3 Å². The van der Waals surface area contributed by atoms with Crippen molar-refractivity contribution >= 4 is 17.3 Å². The highest BCUT2D eigenvalue weighted by Gasteiger charge is 2.20. The van der Waals surface area contributed by atoms with Gasteiger partial charge in [0.15, 0.2) is 0 Å². The predicted octanol–water partition coefficient (Wildman–Crippen LogP) is 3.89. The third-order valence-electron chi connectivity index (χ3n) is 4.73. The first-order valence-electron chi connectivity index (χ1n) is 8.98. The van der Waals surface area contributed by atoms with E-state index in [1.807, 2.05) is 24.3 Å². The summed E-state index contributed by atoms with van der Waals surface area (Å²) < 4.78 is 5.35. The standard InChI is InChI=1S/C22H25NO3/c1-22(2,3)18-8-4-16(5-9-18)20(24)21(25)17-6-10-19(11-7-17)23-12-14-26-15-13-23/h4-11H,12-15H2,1-3H3. The number of ether oxygens (including phenoxy) is 1. The molecule has 2 aromatic carbocycles. The summed E-state index contributed by atoms with van der Waals surface area (Å²) in [5.74, 6) is -0.938. The number of Topliss-reactive ketones (excluding diaryl/α,β-unsaturated/α-hetero) is 2. The average molecular weight is 351 g/mol. The van der Waals surface area contributed by atoms with Gasteiger partial charge in [0.1, 0.15) is 0 Å². The lowest BCUT2D eigenvalue weighted by molar-refractivity contribution is 0.0817. The molecule has 0 saturated carbocycles. The molecule has 0 atom stereocenters. The van der Waals surface area contributed by atoms with E-state index < -0.39 is 11.6 Å². The fourth-order valence-electron chi connectivity index (χ4n) is 3.03. The van der Waals surface area contributed by atoms with Gasteiger partial charge in [0.05, 0.1) is 13.2 Å². The molecule has 1 aliphatic heterocycles. The smallest absolute Gasteiger partial charge is 0.233 e. The van der Waals surface area contributed by atoms with Gasteiger partial charge < -0.3 is 9.64 Å². The molecule has 0 N–H and O–H groups in total. The Hall–Kier alpha value is -2.46. The Kier molecular flexibility index (Phi) is 5.23. The molecule has 1 saturated heterocycles. The van der Waals surface area contributed by atoms with Gasteiger partial charge in [-0.05, 0) is 35.2 Å². The first-order chi connectivity index (χ1) is 12.4. The number of hydrogen-bond acceptors (Lipinski definition) is 4. The zero-order chi connectivity index (χ0) is 18.7. The van der Waals surface area contributed by atoms with Crippen LogP contribution in [0.2, 0.25) is 0 Å². The molecule has 0 amide bonds. The lowest BCUT2D eigenvalue weighted by Crippen LogP contribution is -2.36. The summed E-state index contributed by atoms with van der Waals surface area (Å²) in [6.07, 6.45) is 0. The van der Waals surface area contributed by atoms with Crippen LogP contribution in [0, 0.1) is 0 Å². The van der Waals surface area contributed by atoms with Gasteiger partial charge in [-0.2, -0.15) is 0 Å². The third kappa shape index (κ3) is 4.02. The second kappa shape index (κ2) is 7.42. The Labute approximate surface area is 154 Å². The topological polar surface area (TPSA) is 46.6 Å². The van der Waals surface area contributed by atoms with E-state index in [0.717, 1.165) is 24.3 Å². The Morgan fingerprint density at radius 3 is 1.73 bits per heavy atom. The molecule has 1 heterocycles. The first-order valence-corrected chi connectivity index (χ1v) is 8.98. The van der Waals surface area contributed by atoms with Crippen LogP contribution >= 0.6 is 0 Å². The van der Waals surface area contributed by atoms with Crippen molar-refractivity contribution in [3.63, 3.8) is 0 Å². The van der Waals surface area contributed by atoms with Crippen LogP contribution < -0.4 is 4.90 Å². The van der Waals surface area contributed by atoms with Gasteiger partial charge in [-0.15, -0.1) is 0 Å². The molecule has 4 heteroatoms. The Morgan fingerprint density at radius 2 is 1.27 bits per heavy atom. The number of benzene rings is 2. The molecule has 0 unspecified atom stereocenters. The van der Waals surface area contributed by atoms with Crippen LogP contribution in [-0.2, 0) is 10.2 Å². The minimum Gasteiger partial charge on any atom is -0.378 e. The van der Waals surface area contributed by atoms with Gasteiger partial charge in [0, 0.05) is 29.9 Å². The van der Waals surface area contributed by atoms with Crippen molar-refractivity contribution in [3.05, 3.63) is 65.2 Å². The number of carbonyl (C=O) groups is 2. The fourth-order valence-corrected chi connectivity index (χ4v) is 3.03. The molecule has 1 fully saturated rings. The molecule has 4 nitrogen and oxygen atoms in total.